The van der Waals surface area contributed by atoms with E-state index in [4.69, 9.17) is 5.73 Å². The first-order valence-corrected chi connectivity index (χ1v) is 6.33. The van der Waals surface area contributed by atoms with Crippen molar-refractivity contribution in [2.45, 2.75) is 26.3 Å². The number of amides is 1. The normalized spacial score (nSPS) is 10.8. The van der Waals surface area contributed by atoms with Crippen molar-refractivity contribution in [2.24, 2.45) is 0 Å². The molecule has 1 amide bonds. The highest BCUT2D eigenvalue weighted by Gasteiger charge is 2.11. The molecule has 0 aliphatic heterocycles. The fraction of sp³-hybridized carbons (Fsp3) is 0.286. The summed E-state index contributed by atoms with van der Waals surface area (Å²) >= 11 is 0. The van der Waals surface area contributed by atoms with Crippen LogP contribution < -0.4 is 11.1 Å². The van der Waals surface area contributed by atoms with E-state index in [9.17, 15) is 9.18 Å². The number of aromatic nitrogens is 2. The summed E-state index contributed by atoms with van der Waals surface area (Å²) in [4.78, 5) is 16.2. The van der Waals surface area contributed by atoms with E-state index in [1.54, 1.807) is 17.0 Å². The van der Waals surface area contributed by atoms with Gasteiger partial charge in [0, 0.05) is 24.0 Å². The van der Waals surface area contributed by atoms with E-state index in [0.29, 0.717) is 5.69 Å². The summed E-state index contributed by atoms with van der Waals surface area (Å²) in [5, 5.41) is 2.68. The van der Waals surface area contributed by atoms with Crippen molar-refractivity contribution in [3.63, 3.8) is 0 Å². The molecule has 0 saturated carbocycles. The van der Waals surface area contributed by atoms with Gasteiger partial charge in [0.05, 0.1) is 5.69 Å². The van der Waals surface area contributed by atoms with Gasteiger partial charge in [0.1, 0.15) is 18.2 Å². The average molecular weight is 276 g/mol. The Hall–Kier alpha value is -2.37. The van der Waals surface area contributed by atoms with Crippen molar-refractivity contribution in [3.8, 4) is 0 Å². The van der Waals surface area contributed by atoms with Gasteiger partial charge in [-0.2, -0.15) is 0 Å². The van der Waals surface area contributed by atoms with E-state index in [1.807, 2.05) is 13.8 Å². The van der Waals surface area contributed by atoms with Crippen LogP contribution >= 0.6 is 0 Å². The van der Waals surface area contributed by atoms with Gasteiger partial charge in [-0.3, -0.25) is 4.79 Å². The molecule has 0 saturated heterocycles. The molecular weight excluding hydrogens is 259 g/mol. The first-order valence-electron chi connectivity index (χ1n) is 6.33. The second-order valence-corrected chi connectivity index (χ2v) is 4.85. The fourth-order valence-corrected chi connectivity index (χ4v) is 1.93. The van der Waals surface area contributed by atoms with Crippen LogP contribution in [-0.4, -0.2) is 15.5 Å². The molecule has 0 atom stereocenters. The van der Waals surface area contributed by atoms with Gasteiger partial charge in [-0.25, -0.2) is 9.37 Å². The maximum absolute atomic E-state index is 13.0. The van der Waals surface area contributed by atoms with Crippen molar-refractivity contribution >= 4 is 17.3 Å². The minimum atomic E-state index is -0.500. The van der Waals surface area contributed by atoms with Crippen LogP contribution in [0.15, 0.2) is 30.6 Å². The SMILES string of the molecule is CC(C)c1nccn1CC(=O)Nc1ccc(F)c(N)c1. The quantitative estimate of drug-likeness (QED) is 0.842. The molecule has 5 nitrogen and oxygen atoms in total. The van der Waals surface area contributed by atoms with Crippen molar-refractivity contribution in [3.05, 3.63) is 42.2 Å². The lowest BCUT2D eigenvalue weighted by Gasteiger charge is -2.11. The van der Waals surface area contributed by atoms with Crippen molar-refractivity contribution in [2.75, 3.05) is 11.1 Å². The summed E-state index contributed by atoms with van der Waals surface area (Å²) in [6.07, 6.45) is 3.42. The number of imidazole rings is 1. The minimum Gasteiger partial charge on any atom is -0.396 e. The van der Waals surface area contributed by atoms with Crippen LogP contribution in [0, 0.1) is 5.82 Å². The summed E-state index contributed by atoms with van der Waals surface area (Å²) in [7, 11) is 0. The molecule has 0 bridgehead atoms. The van der Waals surface area contributed by atoms with Gasteiger partial charge < -0.3 is 15.6 Å². The van der Waals surface area contributed by atoms with Crippen molar-refractivity contribution in [1.29, 1.82) is 0 Å². The molecule has 106 valence electrons. The number of halogens is 1. The van der Waals surface area contributed by atoms with Gasteiger partial charge in [-0.05, 0) is 18.2 Å². The van der Waals surface area contributed by atoms with E-state index in [1.165, 1.54) is 18.2 Å². The zero-order chi connectivity index (χ0) is 14.7. The van der Waals surface area contributed by atoms with Gasteiger partial charge in [0.2, 0.25) is 5.91 Å². The van der Waals surface area contributed by atoms with Crippen LogP contribution in [0.25, 0.3) is 0 Å². The highest BCUT2D eigenvalue weighted by Crippen LogP contribution is 2.17. The molecule has 0 aliphatic rings. The number of carbonyl (C=O) groups is 1. The predicted octanol–water partition coefficient (Wildman–Crippen LogP) is 2.37. The molecular formula is C14H17FN4O. The molecule has 0 unspecified atom stereocenters. The maximum Gasteiger partial charge on any atom is 0.244 e. The summed E-state index contributed by atoms with van der Waals surface area (Å²) in [5.74, 6) is 0.369. The molecule has 20 heavy (non-hydrogen) atoms. The third kappa shape index (κ3) is 3.14. The smallest absolute Gasteiger partial charge is 0.244 e. The monoisotopic (exact) mass is 276 g/mol. The lowest BCUT2D eigenvalue weighted by atomic mass is 10.2. The zero-order valence-corrected chi connectivity index (χ0v) is 11.4. The largest absolute Gasteiger partial charge is 0.396 e. The van der Waals surface area contributed by atoms with E-state index < -0.39 is 5.82 Å². The zero-order valence-electron chi connectivity index (χ0n) is 11.4. The Balaban J connectivity index is 2.05. The Bertz CT molecular complexity index is 621. The molecule has 1 aromatic heterocycles. The number of hydrogen-bond acceptors (Lipinski definition) is 3. The Kier molecular flexibility index (Phi) is 4.02. The van der Waals surface area contributed by atoms with Crippen molar-refractivity contribution < 1.29 is 9.18 Å². The topological polar surface area (TPSA) is 72.9 Å². The number of nitrogens with two attached hydrogens (primary N) is 1. The van der Waals surface area contributed by atoms with Gasteiger partial charge >= 0.3 is 0 Å². The first kappa shape index (κ1) is 14.0. The second kappa shape index (κ2) is 5.73. The Morgan fingerprint density at radius 1 is 1.50 bits per heavy atom. The Labute approximate surface area is 116 Å². The number of benzene rings is 1. The van der Waals surface area contributed by atoms with Crippen LogP contribution in [0.4, 0.5) is 15.8 Å². The van der Waals surface area contributed by atoms with Gasteiger partial charge in [-0.15, -0.1) is 0 Å². The Morgan fingerprint density at radius 3 is 2.90 bits per heavy atom. The summed E-state index contributed by atoms with van der Waals surface area (Å²) in [6, 6.07) is 4.09. The van der Waals surface area contributed by atoms with Gasteiger partial charge in [0.25, 0.3) is 0 Å². The molecule has 1 aromatic carbocycles. The van der Waals surface area contributed by atoms with E-state index in [2.05, 4.69) is 10.3 Å². The van der Waals surface area contributed by atoms with Crippen LogP contribution in [-0.2, 0) is 11.3 Å². The number of nitrogens with one attached hydrogen (secondary N) is 1. The molecule has 0 spiro atoms. The van der Waals surface area contributed by atoms with Gasteiger partial charge in [-0.1, -0.05) is 13.8 Å². The Morgan fingerprint density at radius 2 is 2.25 bits per heavy atom. The second-order valence-electron chi connectivity index (χ2n) is 4.85. The highest BCUT2D eigenvalue weighted by atomic mass is 19.1. The predicted molar refractivity (Wildman–Crippen MR) is 75.8 cm³/mol. The van der Waals surface area contributed by atoms with Crippen LogP contribution in [0.2, 0.25) is 0 Å². The number of carbonyl (C=O) groups excluding carboxylic acids is 1. The summed E-state index contributed by atoms with van der Waals surface area (Å²) < 4.78 is 14.8. The van der Waals surface area contributed by atoms with Crippen LogP contribution in [0.5, 0.6) is 0 Å². The maximum atomic E-state index is 13.0. The average Bonchev–Trinajstić information content (AvgIpc) is 2.82. The molecule has 0 aliphatic carbocycles. The third-order valence-corrected chi connectivity index (χ3v) is 2.86. The molecule has 1 heterocycles. The highest BCUT2D eigenvalue weighted by molar-refractivity contribution is 5.91. The lowest BCUT2D eigenvalue weighted by Crippen LogP contribution is -2.20. The van der Waals surface area contributed by atoms with E-state index in [0.717, 1.165) is 5.82 Å². The molecule has 6 heteroatoms. The number of nitrogens with zero attached hydrogens (tertiary/aromatic N) is 2. The van der Waals surface area contributed by atoms with Crippen LogP contribution in [0.3, 0.4) is 0 Å². The lowest BCUT2D eigenvalue weighted by molar-refractivity contribution is -0.116. The van der Waals surface area contributed by atoms with Gasteiger partial charge in [0.15, 0.2) is 0 Å². The standard InChI is InChI=1S/C14H17FN4O/c1-9(2)14-17-5-6-19(14)8-13(20)18-10-3-4-11(15)12(16)7-10/h3-7,9H,8,16H2,1-2H3,(H,18,20). The molecule has 2 rings (SSSR count). The van der Waals surface area contributed by atoms with Crippen molar-refractivity contribution in [1.82, 2.24) is 9.55 Å². The number of anilines is 2. The summed E-state index contributed by atoms with van der Waals surface area (Å²) in [6.45, 7) is 4.18. The van der Waals surface area contributed by atoms with E-state index in [-0.39, 0.29) is 24.1 Å². The summed E-state index contributed by atoms with van der Waals surface area (Å²) in [5.41, 5.74) is 5.93. The molecule has 0 fully saturated rings. The van der Waals surface area contributed by atoms with E-state index >= 15 is 0 Å². The molecule has 0 radical (unpaired) electrons. The number of rotatable bonds is 4. The molecule has 2 aromatic rings. The molecule has 3 N–H and O–H groups in total. The fourth-order valence-electron chi connectivity index (χ4n) is 1.93. The first-order chi connectivity index (χ1) is 9.47. The number of nitrogen functional groups attached to an aromatic ring is 1. The third-order valence-electron chi connectivity index (χ3n) is 2.86. The minimum absolute atomic E-state index is 0.00769. The van der Waals surface area contributed by atoms with Crippen LogP contribution in [0.1, 0.15) is 25.6 Å². The number of hydrogen-bond donors (Lipinski definition) is 2.